The van der Waals surface area contributed by atoms with Gasteiger partial charge in [0.1, 0.15) is 0 Å². The van der Waals surface area contributed by atoms with E-state index < -0.39 is 5.60 Å². The standard InChI is InChI=1S/C9H14N4O3/c14-8(7-5-11-13-12-7)10-6-9(15)1-3-16-4-2-9/h5,15H,1-4,6H2,(H,10,14)(H,11,12,13). The van der Waals surface area contributed by atoms with Crippen LogP contribution in [0.25, 0.3) is 0 Å². The van der Waals surface area contributed by atoms with Crippen molar-refractivity contribution in [2.45, 2.75) is 18.4 Å². The van der Waals surface area contributed by atoms with Crippen molar-refractivity contribution in [3.8, 4) is 0 Å². The molecule has 1 aromatic rings. The average Bonchev–Trinajstić information content (AvgIpc) is 2.80. The molecule has 0 aliphatic carbocycles. The van der Waals surface area contributed by atoms with Gasteiger partial charge >= 0.3 is 0 Å². The SMILES string of the molecule is O=C(NCC1(O)CCOCC1)c1cn[nH]n1. The second-order valence-electron chi connectivity index (χ2n) is 3.87. The molecule has 7 nitrogen and oxygen atoms in total. The van der Waals surface area contributed by atoms with Crippen LogP contribution in [0.4, 0.5) is 0 Å². The zero-order valence-corrected chi connectivity index (χ0v) is 8.77. The van der Waals surface area contributed by atoms with Crippen molar-refractivity contribution in [3.63, 3.8) is 0 Å². The summed E-state index contributed by atoms with van der Waals surface area (Å²) in [6.07, 6.45) is 2.40. The van der Waals surface area contributed by atoms with Gasteiger partial charge in [-0.25, -0.2) is 0 Å². The molecule has 7 heteroatoms. The number of ether oxygens (including phenoxy) is 1. The van der Waals surface area contributed by atoms with Crippen LogP contribution in [0.15, 0.2) is 6.20 Å². The molecule has 16 heavy (non-hydrogen) atoms. The predicted octanol–water partition coefficient (Wildman–Crippen LogP) is -0.924. The summed E-state index contributed by atoms with van der Waals surface area (Å²) in [5.41, 5.74) is -0.645. The summed E-state index contributed by atoms with van der Waals surface area (Å²) in [5.74, 6) is -0.339. The van der Waals surface area contributed by atoms with Crippen LogP contribution in [0.3, 0.4) is 0 Å². The maximum atomic E-state index is 11.5. The van der Waals surface area contributed by atoms with Gasteiger partial charge in [-0.1, -0.05) is 0 Å². The molecule has 2 heterocycles. The Hall–Kier alpha value is -1.47. The Morgan fingerprint density at radius 1 is 1.62 bits per heavy atom. The number of rotatable bonds is 3. The summed E-state index contributed by atoms with van der Waals surface area (Å²) >= 11 is 0. The number of amides is 1. The molecule has 1 aromatic heterocycles. The maximum absolute atomic E-state index is 11.5. The van der Waals surface area contributed by atoms with Crippen LogP contribution in [0, 0.1) is 0 Å². The Kier molecular flexibility index (Phi) is 3.16. The van der Waals surface area contributed by atoms with Crippen LogP contribution in [0.2, 0.25) is 0 Å². The molecule has 0 spiro atoms. The highest BCUT2D eigenvalue weighted by Gasteiger charge is 2.30. The third-order valence-electron chi connectivity index (χ3n) is 2.65. The molecule has 1 aliphatic rings. The van der Waals surface area contributed by atoms with E-state index in [2.05, 4.69) is 20.7 Å². The maximum Gasteiger partial charge on any atom is 0.273 e. The highest BCUT2D eigenvalue weighted by atomic mass is 16.5. The zero-order valence-electron chi connectivity index (χ0n) is 8.77. The fourth-order valence-electron chi connectivity index (χ4n) is 1.57. The number of aromatic nitrogens is 3. The Morgan fingerprint density at radius 2 is 2.38 bits per heavy atom. The fraction of sp³-hybridized carbons (Fsp3) is 0.667. The highest BCUT2D eigenvalue weighted by molar-refractivity contribution is 5.91. The third kappa shape index (κ3) is 2.56. The van der Waals surface area contributed by atoms with Gasteiger partial charge in [0.05, 0.1) is 11.8 Å². The molecular formula is C9H14N4O3. The zero-order chi connectivity index (χ0) is 11.4. The summed E-state index contributed by atoms with van der Waals surface area (Å²) in [7, 11) is 0. The minimum atomic E-state index is -0.863. The monoisotopic (exact) mass is 226 g/mol. The van der Waals surface area contributed by atoms with E-state index in [9.17, 15) is 9.90 Å². The van der Waals surface area contributed by atoms with E-state index in [0.29, 0.717) is 26.1 Å². The van der Waals surface area contributed by atoms with Crippen LogP contribution in [-0.4, -0.2) is 51.8 Å². The summed E-state index contributed by atoms with van der Waals surface area (Å²) in [6.45, 7) is 1.26. The van der Waals surface area contributed by atoms with Gasteiger partial charge in [-0.05, 0) is 0 Å². The number of carbonyl (C=O) groups excluding carboxylic acids is 1. The third-order valence-corrected chi connectivity index (χ3v) is 2.65. The minimum absolute atomic E-state index is 0.210. The molecule has 88 valence electrons. The molecule has 0 bridgehead atoms. The molecule has 0 saturated carbocycles. The van der Waals surface area contributed by atoms with Crippen molar-refractivity contribution in [3.05, 3.63) is 11.9 Å². The lowest BCUT2D eigenvalue weighted by Gasteiger charge is -2.31. The van der Waals surface area contributed by atoms with E-state index in [-0.39, 0.29) is 18.1 Å². The van der Waals surface area contributed by atoms with Crippen LogP contribution in [0.5, 0.6) is 0 Å². The number of aliphatic hydroxyl groups is 1. The van der Waals surface area contributed by atoms with Gasteiger partial charge in [-0.15, -0.1) is 0 Å². The first-order valence-corrected chi connectivity index (χ1v) is 5.14. The summed E-state index contributed by atoms with van der Waals surface area (Å²) in [5, 5.41) is 22.2. The van der Waals surface area contributed by atoms with Crippen molar-refractivity contribution >= 4 is 5.91 Å². The van der Waals surface area contributed by atoms with Gasteiger partial charge in [-0.3, -0.25) is 4.79 Å². The molecule has 1 amide bonds. The number of H-pyrrole nitrogens is 1. The smallest absolute Gasteiger partial charge is 0.273 e. The number of aromatic amines is 1. The average molecular weight is 226 g/mol. The molecular weight excluding hydrogens is 212 g/mol. The van der Waals surface area contributed by atoms with E-state index in [0.717, 1.165) is 0 Å². The normalized spacial score (nSPS) is 19.3. The molecule has 1 aliphatic heterocycles. The van der Waals surface area contributed by atoms with Crippen LogP contribution in [0.1, 0.15) is 23.3 Å². The van der Waals surface area contributed by atoms with E-state index in [1.165, 1.54) is 6.20 Å². The van der Waals surface area contributed by atoms with Gasteiger partial charge in [-0.2, -0.15) is 15.4 Å². The molecule has 0 unspecified atom stereocenters. The molecule has 0 atom stereocenters. The number of nitrogens with one attached hydrogen (secondary N) is 2. The Morgan fingerprint density at radius 3 is 3.00 bits per heavy atom. The topological polar surface area (TPSA) is 100 Å². The molecule has 1 saturated heterocycles. The van der Waals surface area contributed by atoms with E-state index in [1.807, 2.05) is 0 Å². The van der Waals surface area contributed by atoms with E-state index >= 15 is 0 Å². The molecule has 1 fully saturated rings. The molecule has 2 rings (SSSR count). The Balaban J connectivity index is 1.84. The first-order valence-electron chi connectivity index (χ1n) is 5.14. The second-order valence-corrected chi connectivity index (χ2v) is 3.87. The van der Waals surface area contributed by atoms with Crippen molar-refractivity contribution in [2.75, 3.05) is 19.8 Å². The van der Waals surface area contributed by atoms with Gasteiger partial charge in [0.2, 0.25) is 0 Å². The Bertz CT molecular complexity index is 346. The van der Waals surface area contributed by atoms with Gasteiger partial charge in [0.15, 0.2) is 5.69 Å². The van der Waals surface area contributed by atoms with Crippen LogP contribution in [-0.2, 0) is 4.74 Å². The van der Waals surface area contributed by atoms with Crippen molar-refractivity contribution in [1.29, 1.82) is 0 Å². The van der Waals surface area contributed by atoms with E-state index in [4.69, 9.17) is 4.74 Å². The molecule has 3 N–H and O–H groups in total. The Labute approximate surface area is 92.2 Å². The summed E-state index contributed by atoms with van der Waals surface area (Å²) in [4.78, 5) is 11.5. The number of hydrogen-bond donors (Lipinski definition) is 3. The summed E-state index contributed by atoms with van der Waals surface area (Å²) in [6, 6.07) is 0. The van der Waals surface area contributed by atoms with E-state index in [1.54, 1.807) is 0 Å². The van der Waals surface area contributed by atoms with Crippen molar-refractivity contribution in [2.24, 2.45) is 0 Å². The largest absolute Gasteiger partial charge is 0.388 e. The van der Waals surface area contributed by atoms with Crippen molar-refractivity contribution in [1.82, 2.24) is 20.7 Å². The van der Waals surface area contributed by atoms with Gasteiger partial charge in [0, 0.05) is 32.6 Å². The number of hydrogen-bond acceptors (Lipinski definition) is 5. The lowest BCUT2D eigenvalue weighted by Crippen LogP contribution is -2.46. The van der Waals surface area contributed by atoms with Crippen molar-refractivity contribution < 1.29 is 14.6 Å². The van der Waals surface area contributed by atoms with Gasteiger partial charge < -0.3 is 15.2 Å². The lowest BCUT2D eigenvalue weighted by atomic mass is 9.94. The van der Waals surface area contributed by atoms with Crippen LogP contribution < -0.4 is 5.32 Å². The minimum Gasteiger partial charge on any atom is -0.388 e. The molecule has 0 aromatic carbocycles. The first kappa shape index (κ1) is 11.0. The summed E-state index contributed by atoms with van der Waals surface area (Å²) < 4.78 is 5.14. The number of carbonyl (C=O) groups is 1. The second kappa shape index (κ2) is 4.58. The van der Waals surface area contributed by atoms with Gasteiger partial charge in [0.25, 0.3) is 5.91 Å². The fourth-order valence-corrected chi connectivity index (χ4v) is 1.57. The quantitative estimate of drug-likeness (QED) is 0.618. The predicted molar refractivity (Wildman–Crippen MR) is 53.7 cm³/mol. The highest BCUT2D eigenvalue weighted by Crippen LogP contribution is 2.19. The number of nitrogens with zero attached hydrogens (tertiary/aromatic N) is 2. The molecule has 0 radical (unpaired) electrons. The lowest BCUT2D eigenvalue weighted by molar-refractivity contribution is -0.0605. The first-order chi connectivity index (χ1) is 7.70. The van der Waals surface area contributed by atoms with Crippen LogP contribution >= 0.6 is 0 Å².